The van der Waals surface area contributed by atoms with E-state index in [0.29, 0.717) is 13.1 Å². The summed E-state index contributed by atoms with van der Waals surface area (Å²) in [6.07, 6.45) is 1.52. The van der Waals surface area contributed by atoms with Crippen molar-refractivity contribution in [3.63, 3.8) is 0 Å². The van der Waals surface area contributed by atoms with Crippen LogP contribution in [0.2, 0.25) is 0 Å². The predicted octanol–water partition coefficient (Wildman–Crippen LogP) is 6.38. The number of alkyl carbamates (subject to hydrolysis) is 1. The summed E-state index contributed by atoms with van der Waals surface area (Å²) in [4.78, 5) is 26.8. The molecule has 9 heteroatoms. The van der Waals surface area contributed by atoms with Gasteiger partial charge in [-0.2, -0.15) is 0 Å². The maximum atomic E-state index is 15.0. The quantitative estimate of drug-likeness (QED) is 0.336. The summed E-state index contributed by atoms with van der Waals surface area (Å²) in [6.45, 7) is 0.901. The van der Waals surface area contributed by atoms with Crippen molar-refractivity contribution in [3.8, 4) is 11.1 Å². The third kappa shape index (κ3) is 4.80. The van der Waals surface area contributed by atoms with Gasteiger partial charge in [0, 0.05) is 29.0 Å². The number of nitrogens with one attached hydrogen (secondary N) is 1. The highest BCUT2D eigenvalue weighted by Crippen LogP contribution is 2.44. The van der Waals surface area contributed by atoms with E-state index < -0.39 is 29.7 Å². The van der Waals surface area contributed by atoms with Gasteiger partial charge in [0.2, 0.25) is 0 Å². The molecule has 0 saturated carbocycles. The first-order valence-corrected chi connectivity index (χ1v) is 12.9. The second kappa shape index (κ2) is 10.5. The molecule has 1 amide bonds. The topological polar surface area (TPSA) is 78.9 Å². The molecule has 5 rings (SSSR count). The third-order valence-corrected chi connectivity index (χ3v) is 7.65. The number of fused-ring (bicyclic) bond motifs is 3. The minimum atomic E-state index is -1.66. The molecule has 0 radical (unpaired) electrons. The van der Waals surface area contributed by atoms with E-state index in [1.165, 1.54) is 0 Å². The number of carboxylic acid groups (broad SMARTS) is 1. The van der Waals surface area contributed by atoms with Crippen LogP contribution < -0.4 is 10.2 Å². The van der Waals surface area contributed by atoms with Gasteiger partial charge >= 0.3 is 12.1 Å². The van der Waals surface area contributed by atoms with Crippen LogP contribution in [0.4, 0.5) is 19.3 Å². The second-order valence-corrected chi connectivity index (χ2v) is 10.1. The van der Waals surface area contributed by atoms with Crippen molar-refractivity contribution in [3.05, 3.63) is 87.4 Å². The number of rotatable bonds is 6. The number of ether oxygens (including phenoxy) is 1. The normalized spacial score (nSPS) is 15.6. The van der Waals surface area contributed by atoms with E-state index in [-0.39, 0.29) is 28.2 Å². The number of hydrogen-bond donors (Lipinski definition) is 2. The number of aliphatic carboxylic acids is 1. The van der Waals surface area contributed by atoms with Crippen LogP contribution in [0.1, 0.15) is 47.9 Å². The molecule has 0 bridgehead atoms. The van der Waals surface area contributed by atoms with Crippen molar-refractivity contribution < 1.29 is 28.2 Å². The summed E-state index contributed by atoms with van der Waals surface area (Å²) in [5.41, 5.74) is 3.95. The summed E-state index contributed by atoms with van der Waals surface area (Å²) in [5, 5.41) is 12.4. The number of hydrogen-bond acceptors (Lipinski definition) is 4. The summed E-state index contributed by atoms with van der Waals surface area (Å²) >= 11 is 3.20. The minimum Gasteiger partial charge on any atom is -0.479 e. The highest BCUT2D eigenvalue weighted by atomic mass is 79.9. The molecule has 2 N–H and O–H groups in total. The molecule has 192 valence electrons. The number of halogens is 3. The first-order chi connectivity index (χ1) is 17.9. The number of nitrogens with zero attached hydrogens (tertiary/aromatic N) is 1. The molecule has 1 saturated heterocycles. The smallest absolute Gasteiger partial charge is 0.408 e. The Morgan fingerprint density at radius 3 is 2.22 bits per heavy atom. The molecule has 3 aromatic carbocycles. The van der Waals surface area contributed by atoms with Gasteiger partial charge in [0.25, 0.3) is 0 Å². The monoisotopic (exact) mass is 570 g/mol. The van der Waals surface area contributed by atoms with E-state index in [1.54, 1.807) is 4.90 Å². The van der Waals surface area contributed by atoms with Crippen LogP contribution >= 0.6 is 15.9 Å². The van der Waals surface area contributed by atoms with E-state index in [1.807, 2.05) is 48.5 Å². The first-order valence-electron chi connectivity index (χ1n) is 12.1. The lowest BCUT2D eigenvalue weighted by Gasteiger charge is -2.32. The Morgan fingerprint density at radius 2 is 1.62 bits per heavy atom. The number of benzene rings is 3. The van der Waals surface area contributed by atoms with Gasteiger partial charge in [-0.1, -0.05) is 64.5 Å². The minimum absolute atomic E-state index is 0.00979. The van der Waals surface area contributed by atoms with Crippen LogP contribution in [0.5, 0.6) is 0 Å². The van der Waals surface area contributed by atoms with Gasteiger partial charge in [-0.15, -0.1) is 0 Å². The van der Waals surface area contributed by atoms with Crippen molar-refractivity contribution in [1.29, 1.82) is 0 Å². The fourth-order valence-corrected chi connectivity index (χ4v) is 5.93. The average molecular weight is 571 g/mol. The molecule has 2 aliphatic rings. The Hall–Kier alpha value is -3.46. The molecule has 1 heterocycles. The van der Waals surface area contributed by atoms with Gasteiger partial charge in [-0.3, -0.25) is 0 Å². The number of carbonyl (C=O) groups excluding carboxylic acids is 1. The molecule has 1 unspecified atom stereocenters. The zero-order chi connectivity index (χ0) is 26.1. The van der Waals surface area contributed by atoms with Gasteiger partial charge in [0.05, 0.1) is 5.69 Å². The molecule has 6 nitrogen and oxygen atoms in total. The molecule has 1 fully saturated rings. The van der Waals surface area contributed by atoms with E-state index in [9.17, 15) is 19.1 Å². The van der Waals surface area contributed by atoms with Crippen molar-refractivity contribution in [1.82, 2.24) is 5.32 Å². The van der Waals surface area contributed by atoms with E-state index >= 15 is 4.39 Å². The molecule has 37 heavy (non-hydrogen) atoms. The van der Waals surface area contributed by atoms with Crippen LogP contribution in [0.25, 0.3) is 11.1 Å². The van der Waals surface area contributed by atoms with Crippen LogP contribution in [0, 0.1) is 11.6 Å². The third-order valence-electron chi connectivity index (χ3n) is 7.00. The maximum absolute atomic E-state index is 15.0. The SMILES string of the molecule is O=C(NC(C(=O)O)c1c(Br)cc(F)c(F)c1N1CCCCC1)OCC1c2ccccc2-c2ccccc21. The van der Waals surface area contributed by atoms with Crippen molar-refractivity contribution >= 4 is 33.7 Å². The summed E-state index contributed by atoms with van der Waals surface area (Å²) in [7, 11) is 0. The van der Waals surface area contributed by atoms with Gasteiger partial charge in [-0.05, 0) is 47.6 Å². The number of carboxylic acids is 1. The molecular formula is C28H25BrF2N2O4. The highest BCUT2D eigenvalue weighted by Gasteiger charge is 2.34. The van der Waals surface area contributed by atoms with E-state index in [0.717, 1.165) is 47.6 Å². The number of carbonyl (C=O) groups is 2. The number of piperidine rings is 1. The van der Waals surface area contributed by atoms with Crippen molar-refractivity contribution in [2.24, 2.45) is 0 Å². The van der Waals surface area contributed by atoms with Gasteiger partial charge < -0.3 is 20.1 Å². The molecular weight excluding hydrogens is 546 g/mol. The highest BCUT2D eigenvalue weighted by molar-refractivity contribution is 9.10. The van der Waals surface area contributed by atoms with Crippen LogP contribution in [-0.2, 0) is 9.53 Å². The first kappa shape index (κ1) is 25.2. The van der Waals surface area contributed by atoms with Gasteiger partial charge in [0.1, 0.15) is 6.61 Å². The predicted molar refractivity (Wildman–Crippen MR) is 139 cm³/mol. The Morgan fingerprint density at radius 1 is 1.03 bits per heavy atom. The van der Waals surface area contributed by atoms with E-state index in [4.69, 9.17) is 4.74 Å². The largest absolute Gasteiger partial charge is 0.479 e. The lowest BCUT2D eigenvalue weighted by atomic mass is 9.98. The average Bonchev–Trinajstić information content (AvgIpc) is 3.22. The lowest BCUT2D eigenvalue weighted by Crippen LogP contribution is -2.38. The zero-order valence-corrected chi connectivity index (χ0v) is 21.4. The maximum Gasteiger partial charge on any atom is 0.408 e. The fourth-order valence-electron chi connectivity index (χ4n) is 5.31. The second-order valence-electron chi connectivity index (χ2n) is 9.21. The Kier molecular flexibility index (Phi) is 7.15. The van der Waals surface area contributed by atoms with Gasteiger partial charge in [-0.25, -0.2) is 18.4 Å². The van der Waals surface area contributed by atoms with Crippen molar-refractivity contribution in [2.45, 2.75) is 31.2 Å². The number of amides is 1. The summed E-state index contributed by atoms with van der Waals surface area (Å²) in [6, 6.07) is 14.9. The molecule has 0 spiro atoms. The Balaban J connectivity index is 1.39. The van der Waals surface area contributed by atoms with Crippen LogP contribution in [0.3, 0.4) is 0 Å². The van der Waals surface area contributed by atoms with Crippen LogP contribution in [0.15, 0.2) is 59.1 Å². The fraction of sp³-hybridized carbons (Fsp3) is 0.286. The molecule has 3 aromatic rings. The van der Waals surface area contributed by atoms with E-state index in [2.05, 4.69) is 21.2 Å². The molecule has 1 aliphatic heterocycles. The zero-order valence-electron chi connectivity index (χ0n) is 19.8. The standard InChI is InChI=1S/C28H25BrF2N2O4/c29-21-14-22(30)24(31)26(33-12-6-1-7-13-33)23(21)25(27(34)35)32-28(36)37-15-20-18-10-4-2-8-16(18)17-9-3-5-11-19(17)20/h2-5,8-11,14,20,25H,1,6-7,12-13,15H2,(H,32,36)(H,34,35). The number of anilines is 1. The van der Waals surface area contributed by atoms with Gasteiger partial charge in [0.15, 0.2) is 17.7 Å². The van der Waals surface area contributed by atoms with Crippen LogP contribution in [-0.4, -0.2) is 36.9 Å². The molecule has 1 aliphatic carbocycles. The van der Waals surface area contributed by atoms with Crippen molar-refractivity contribution in [2.75, 3.05) is 24.6 Å². The molecule has 1 atom stereocenters. The molecule has 0 aromatic heterocycles. The summed E-state index contributed by atoms with van der Waals surface area (Å²) < 4.78 is 35.0. The Bertz CT molecular complexity index is 1310. The Labute approximate surface area is 221 Å². The lowest BCUT2D eigenvalue weighted by molar-refractivity contribution is -0.139. The summed E-state index contributed by atoms with van der Waals surface area (Å²) in [5.74, 6) is -3.86.